The number of aromatic hydroxyl groups is 2. The summed E-state index contributed by atoms with van der Waals surface area (Å²) in [4.78, 5) is 17.1. The van der Waals surface area contributed by atoms with Gasteiger partial charge >= 0.3 is 0 Å². The number of rotatable bonds is 8. The van der Waals surface area contributed by atoms with Crippen LogP contribution in [0.4, 0.5) is 5.69 Å². The van der Waals surface area contributed by atoms with Crippen molar-refractivity contribution < 1.29 is 19.7 Å². The Morgan fingerprint density at radius 1 is 1.03 bits per heavy atom. The molecule has 1 aromatic heterocycles. The lowest BCUT2D eigenvalue weighted by molar-refractivity contribution is -0.121. The first-order chi connectivity index (χ1) is 15.9. The Hall–Kier alpha value is -3.13. The van der Waals surface area contributed by atoms with E-state index in [4.69, 9.17) is 4.74 Å². The van der Waals surface area contributed by atoms with Gasteiger partial charge in [-0.05, 0) is 38.8 Å². The number of benzene rings is 1. The number of para-hydroxylation sites is 2. The standard InChI is InChI=1S/C25H34N4O4/c1-18(2)33-22-10-6-5-9-21(22)28-15-13-27(14-16-28)12-11-26-23(30)17-29-24(31)19-7-3-4-8-20(19)25(29)32/h3-6,9-10,18,31-32H,7-8,11-17H2,1-2H3,(H,26,30). The molecule has 0 radical (unpaired) electrons. The minimum Gasteiger partial charge on any atom is -0.494 e. The highest BCUT2D eigenvalue weighted by molar-refractivity contribution is 5.76. The van der Waals surface area contributed by atoms with Crippen LogP contribution in [0.2, 0.25) is 0 Å². The maximum Gasteiger partial charge on any atom is 0.240 e. The van der Waals surface area contributed by atoms with Crippen molar-refractivity contribution in [2.24, 2.45) is 0 Å². The van der Waals surface area contributed by atoms with E-state index in [0.717, 1.165) is 44.2 Å². The molecule has 2 aliphatic rings. The summed E-state index contributed by atoms with van der Waals surface area (Å²) >= 11 is 0. The summed E-state index contributed by atoms with van der Waals surface area (Å²) in [5.74, 6) is 0.668. The van der Waals surface area contributed by atoms with Crippen LogP contribution >= 0.6 is 0 Å². The molecule has 1 saturated heterocycles. The van der Waals surface area contributed by atoms with E-state index in [0.29, 0.717) is 30.5 Å². The SMILES string of the molecule is CC(C)Oc1ccccc1N1CCN(CCNC(=O)Cn2c(O)c3c(c2O)CC=CC3)CC1. The van der Waals surface area contributed by atoms with Gasteiger partial charge in [0.05, 0.1) is 11.8 Å². The number of amides is 1. The van der Waals surface area contributed by atoms with Gasteiger partial charge in [-0.3, -0.25) is 14.3 Å². The molecule has 1 fully saturated rings. The second-order valence-electron chi connectivity index (χ2n) is 8.88. The second kappa shape index (κ2) is 10.2. The maximum absolute atomic E-state index is 12.4. The van der Waals surface area contributed by atoms with Crippen LogP contribution in [0.25, 0.3) is 0 Å². The summed E-state index contributed by atoms with van der Waals surface area (Å²) in [6, 6.07) is 8.16. The number of ether oxygens (including phenoxy) is 1. The molecule has 1 aliphatic carbocycles. The van der Waals surface area contributed by atoms with Gasteiger partial charge in [-0.15, -0.1) is 0 Å². The lowest BCUT2D eigenvalue weighted by Gasteiger charge is -2.36. The number of aromatic nitrogens is 1. The van der Waals surface area contributed by atoms with Crippen molar-refractivity contribution in [3.63, 3.8) is 0 Å². The number of hydrogen-bond acceptors (Lipinski definition) is 6. The Balaban J connectivity index is 1.23. The first kappa shape index (κ1) is 23.0. The molecule has 1 amide bonds. The minimum absolute atomic E-state index is 0.0140. The van der Waals surface area contributed by atoms with Crippen LogP contribution in [0.1, 0.15) is 25.0 Å². The fourth-order valence-corrected chi connectivity index (χ4v) is 4.51. The van der Waals surface area contributed by atoms with Gasteiger partial charge in [0.25, 0.3) is 0 Å². The molecule has 8 heteroatoms. The molecule has 2 heterocycles. The molecule has 8 nitrogen and oxygen atoms in total. The van der Waals surface area contributed by atoms with E-state index < -0.39 is 0 Å². The zero-order chi connectivity index (χ0) is 23.4. The zero-order valence-electron chi connectivity index (χ0n) is 19.5. The Kier molecular flexibility index (Phi) is 7.13. The number of piperazine rings is 1. The Bertz CT molecular complexity index is 975. The highest BCUT2D eigenvalue weighted by Gasteiger charge is 2.24. The van der Waals surface area contributed by atoms with E-state index in [-0.39, 0.29) is 30.3 Å². The Labute approximate surface area is 195 Å². The first-order valence-corrected chi connectivity index (χ1v) is 11.7. The van der Waals surface area contributed by atoms with Gasteiger partial charge in [-0.25, -0.2) is 0 Å². The van der Waals surface area contributed by atoms with Crippen molar-refractivity contribution in [2.45, 2.75) is 39.3 Å². The predicted octanol–water partition coefficient (Wildman–Crippen LogP) is 2.28. The summed E-state index contributed by atoms with van der Waals surface area (Å²) < 4.78 is 7.26. The van der Waals surface area contributed by atoms with E-state index in [2.05, 4.69) is 21.2 Å². The third-order valence-corrected chi connectivity index (χ3v) is 6.22. The van der Waals surface area contributed by atoms with Crippen LogP contribution in [0, 0.1) is 0 Å². The summed E-state index contributed by atoms with van der Waals surface area (Å²) in [5, 5.41) is 23.7. The van der Waals surface area contributed by atoms with Gasteiger partial charge in [-0.2, -0.15) is 0 Å². The van der Waals surface area contributed by atoms with Crippen molar-refractivity contribution in [3.05, 3.63) is 47.5 Å². The Morgan fingerprint density at radius 2 is 1.67 bits per heavy atom. The van der Waals surface area contributed by atoms with Gasteiger partial charge in [0, 0.05) is 50.4 Å². The quantitative estimate of drug-likeness (QED) is 0.531. The van der Waals surface area contributed by atoms with Gasteiger partial charge < -0.3 is 25.2 Å². The van der Waals surface area contributed by atoms with Gasteiger partial charge in [0.15, 0.2) is 11.8 Å². The summed E-state index contributed by atoms with van der Waals surface area (Å²) in [6.07, 6.45) is 5.20. The topological polar surface area (TPSA) is 90.2 Å². The van der Waals surface area contributed by atoms with Gasteiger partial charge in [-0.1, -0.05) is 24.3 Å². The lowest BCUT2D eigenvalue weighted by Crippen LogP contribution is -2.48. The molecule has 0 spiro atoms. The largest absolute Gasteiger partial charge is 0.494 e. The monoisotopic (exact) mass is 454 g/mol. The molecule has 0 saturated carbocycles. The van der Waals surface area contributed by atoms with E-state index in [9.17, 15) is 15.0 Å². The predicted molar refractivity (Wildman–Crippen MR) is 128 cm³/mol. The number of carbonyl (C=O) groups is 1. The highest BCUT2D eigenvalue weighted by Crippen LogP contribution is 2.36. The third kappa shape index (κ3) is 5.27. The number of hydrogen-bond donors (Lipinski definition) is 3. The van der Waals surface area contributed by atoms with Gasteiger partial charge in [0.1, 0.15) is 12.3 Å². The van der Waals surface area contributed by atoms with Crippen LogP contribution in [0.15, 0.2) is 36.4 Å². The fraction of sp³-hybridized carbons (Fsp3) is 0.480. The van der Waals surface area contributed by atoms with Crippen molar-refractivity contribution in [2.75, 3.05) is 44.2 Å². The van der Waals surface area contributed by atoms with Crippen LogP contribution in [0.5, 0.6) is 17.5 Å². The van der Waals surface area contributed by atoms with Gasteiger partial charge in [0.2, 0.25) is 5.91 Å². The highest BCUT2D eigenvalue weighted by atomic mass is 16.5. The molecule has 4 rings (SSSR count). The molecule has 1 aromatic carbocycles. The molecule has 1 aliphatic heterocycles. The smallest absolute Gasteiger partial charge is 0.240 e. The fourth-order valence-electron chi connectivity index (χ4n) is 4.51. The van der Waals surface area contributed by atoms with Crippen LogP contribution in [0.3, 0.4) is 0 Å². The average molecular weight is 455 g/mol. The summed E-state index contributed by atoms with van der Waals surface area (Å²) in [7, 11) is 0. The van der Waals surface area contributed by atoms with E-state index in [1.807, 2.05) is 44.2 Å². The van der Waals surface area contributed by atoms with Crippen LogP contribution in [-0.4, -0.2) is 71.0 Å². The second-order valence-corrected chi connectivity index (χ2v) is 8.88. The average Bonchev–Trinajstić information content (AvgIpc) is 3.05. The molecule has 33 heavy (non-hydrogen) atoms. The van der Waals surface area contributed by atoms with Crippen molar-refractivity contribution in [3.8, 4) is 17.5 Å². The number of allylic oxidation sites excluding steroid dienone is 2. The number of carbonyl (C=O) groups excluding carboxylic acids is 1. The van der Waals surface area contributed by atoms with E-state index >= 15 is 0 Å². The molecule has 0 atom stereocenters. The molecule has 0 unspecified atom stereocenters. The number of fused-ring (bicyclic) bond motifs is 1. The summed E-state index contributed by atoms with van der Waals surface area (Å²) in [6.45, 7) is 8.87. The molecule has 2 aromatic rings. The molecule has 178 valence electrons. The number of nitrogens with one attached hydrogen (secondary N) is 1. The number of nitrogens with zero attached hydrogens (tertiary/aromatic N) is 3. The normalized spacial score (nSPS) is 16.2. The molecule has 0 bridgehead atoms. The van der Waals surface area contributed by atoms with Crippen LogP contribution in [-0.2, 0) is 24.2 Å². The zero-order valence-corrected chi connectivity index (χ0v) is 19.5. The van der Waals surface area contributed by atoms with Crippen LogP contribution < -0.4 is 15.0 Å². The van der Waals surface area contributed by atoms with E-state index in [1.165, 1.54) is 4.57 Å². The first-order valence-electron chi connectivity index (χ1n) is 11.7. The molecular weight excluding hydrogens is 420 g/mol. The van der Waals surface area contributed by atoms with Crippen molar-refractivity contribution >= 4 is 11.6 Å². The Morgan fingerprint density at radius 3 is 2.30 bits per heavy atom. The van der Waals surface area contributed by atoms with Crippen molar-refractivity contribution in [1.82, 2.24) is 14.8 Å². The third-order valence-electron chi connectivity index (χ3n) is 6.22. The summed E-state index contributed by atoms with van der Waals surface area (Å²) in [5.41, 5.74) is 2.55. The molecular formula is C25H34N4O4. The lowest BCUT2D eigenvalue weighted by atomic mass is 10.0. The minimum atomic E-state index is -0.223. The number of anilines is 1. The van der Waals surface area contributed by atoms with Crippen molar-refractivity contribution in [1.29, 1.82) is 0 Å². The van der Waals surface area contributed by atoms with E-state index in [1.54, 1.807) is 0 Å². The molecule has 3 N–H and O–H groups in total. The maximum atomic E-state index is 12.4.